The van der Waals surface area contributed by atoms with E-state index < -0.39 is 11.6 Å². The van der Waals surface area contributed by atoms with Crippen LogP contribution in [0.25, 0.3) is 0 Å². The smallest absolute Gasteiger partial charge is 0.305 e. The Bertz CT molecular complexity index is 565. The van der Waals surface area contributed by atoms with Gasteiger partial charge in [0.05, 0.1) is 6.61 Å². The molecule has 0 aliphatic carbocycles. The summed E-state index contributed by atoms with van der Waals surface area (Å²) in [4.78, 5) is 15.2. The first-order chi connectivity index (χ1) is 12.1. The third-order valence-corrected chi connectivity index (χ3v) is 3.58. The molecular formula is C18H27F2N3O2. The molecule has 0 fully saturated rings. The standard InChI is InChI=1S/C18H27F2N3O2/c1-3-25-17(24)8-6-4-5-7-11-22-18(21-2)23-13-14-12-15(19)9-10-16(14)20/h9-10,12H,3-8,11,13H2,1-2H3,(H2,21,22,23). The van der Waals surface area contributed by atoms with Crippen molar-refractivity contribution in [2.24, 2.45) is 4.99 Å². The van der Waals surface area contributed by atoms with Crippen LogP contribution in [0.15, 0.2) is 23.2 Å². The van der Waals surface area contributed by atoms with Crippen LogP contribution in [-0.2, 0) is 16.1 Å². The molecule has 1 rings (SSSR count). The number of hydrogen-bond acceptors (Lipinski definition) is 3. The van der Waals surface area contributed by atoms with E-state index >= 15 is 0 Å². The van der Waals surface area contributed by atoms with E-state index in [1.54, 1.807) is 14.0 Å². The molecule has 0 aromatic heterocycles. The first-order valence-corrected chi connectivity index (χ1v) is 8.61. The molecule has 0 heterocycles. The van der Waals surface area contributed by atoms with Crippen molar-refractivity contribution in [3.8, 4) is 0 Å². The zero-order chi connectivity index (χ0) is 18.5. The molecule has 0 aliphatic rings. The van der Waals surface area contributed by atoms with Gasteiger partial charge in [0.25, 0.3) is 0 Å². The third-order valence-electron chi connectivity index (χ3n) is 3.58. The number of benzene rings is 1. The van der Waals surface area contributed by atoms with Crippen molar-refractivity contribution in [2.45, 2.75) is 45.6 Å². The van der Waals surface area contributed by atoms with Crippen LogP contribution >= 0.6 is 0 Å². The topological polar surface area (TPSA) is 62.7 Å². The Kier molecular flexibility index (Phi) is 10.2. The number of esters is 1. The van der Waals surface area contributed by atoms with E-state index in [0.717, 1.165) is 37.8 Å². The molecule has 0 bridgehead atoms. The first-order valence-electron chi connectivity index (χ1n) is 8.61. The minimum Gasteiger partial charge on any atom is -0.466 e. The summed E-state index contributed by atoms with van der Waals surface area (Å²) >= 11 is 0. The number of nitrogens with zero attached hydrogens (tertiary/aromatic N) is 1. The Balaban J connectivity index is 2.16. The van der Waals surface area contributed by atoms with Crippen molar-refractivity contribution >= 4 is 11.9 Å². The van der Waals surface area contributed by atoms with E-state index in [-0.39, 0.29) is 18.1 Å². The second kappa shape index (κ2) is 12.2. The lowest BCUT2D eigenvalue weighted by atomic mass is 10.1. The minimum absolute atomic E-state index is 0.144. The maximum absolute atomic E-state index is 13.6. The van der Waals surface area contributed by atoms with Crippen molar-refractivity contribution in [3.63, 3.8) is 0 Å². The van der Waals surface area contributed by atoms with Crippen molar-refractivity contribution in [3.05, 3.63) is 35.4 Å². The number of carbonyl (C=O) groups excluding carboxylic acids is 1. The lowest BCUT2D eigenvalue weighted by Gasteiger charge is -2.12. The van der Waals surface area contributed by atoms with Crippen LogP contribution in [0.2, 0.25) is 0 Å². The summed E-state index contributed by atoms with van der Waals surface area (Å²) in [5.41, 5.74) is 0.252. The molecule has 7 heteroatoms. The van der Waals surface area contributed by atoms with Gasteiger partial charge in [0.1, 0.15) is 11.6 Å². The number of halogens is 2. The van der Waals surface area contributed by atoms with E-state index in [1.165, 1.54) is 6.07 Å². The van der Waals surface area contributed by atoms with Gasteiger partial charge < -0.3 is 15.4 Å². The summed E-state index contributed by atoms with van der Waals surface area (Å²) in [7, 11) is 1.62. The molecule has 1 aromatic rings. The monoisotopic (exact) mass is 355 g/mol. The molecular weight excluding hydrogens is 328 g/mol. The van der Waals surface area contributed by atoms with Gasteiger partial charge in [0, 0.05) is 32.1 Å². The van der Waals surface area contributed by atoms with E-state index in [9.17, 15) is 13.6 Å². The van der Waals surface area contributed by atoms with Crippen LogP contribution in [-0.4, -0.2) is 32.1 Å². The van der Waals surface area contributed by atoms with Crippen LogP contribution in [0.5, 0.6) is 0 Å². The van der Waals surface area contributed by atoms with Gasteiger partial charge in [-0.25, -0.2) is 8.78 Å². The maximum atomic E-state index is 13.6. The van der Waals surface area contributed by atoms with Crippen LogP contribution in [0.4, 0.5) is 8.78 Å². The van der Waals surface area contributed by atoms with Crippen LogP contribution < -0.4 is 10.6 Å². The Morgan fingerprint density at radius 3 is 2.64 bits per heavy atom. The van der Waals surface area contributed by atoms with Gasteiger partial charge >= 0.3 is 5.97 Å². The number of aliphatic imine (C=N–C) groups is 1. The Morgan fingerprint density at radius 2 is 1.92 bits per heavy atom. The fourth-order valence-electron chi connectivity index (χ4n) is 2.27. The first kappa shape index (κ1) is 20.9. The highest BCUT2D eigenvalue weighted by Crippen LogP contribution is 2.09. The normalized spacial score (nSPS) is 11.3. The minimum atomic E-state index is -0.469. The van der Waals surface area contributed by atoms with Gasteiger partial charge in [0.15, 0.2) is 5.96 Å². The quantitative estimate of drug-likeness (QED) is 0.293. The van der Waals surface area contributed by atoms with Crippen molar-refractivity contribution in [1.29, 1.82) is 0 Å². The van der Waals surface area contributed by atoms with Crippen molar-refractivity contribution < 1.29 is 18.3 Å². The van der Waals surface area contributed by atoms with Crippen molar-refractivity contribution in [2.75, 3.05) is 20.2 Å². The van der Waals surface area contributed by atoms with E-state index in [4.69, 9.17) is 4.74 Å². The number of nitrogens with one attached hydrogen (secondary N) is 2. The van der Waals surface area contributed by atoms with Gasteiger partial charge in [-0.1, -0.05) is 12.8 Å². The summed E-state index contributed by atoms with van der Waals surface area (Å²) in [6, 6.07) is 3.37. The third kappa shape index (κ3) is 9.02. The molecule has 25 heavy (non-hydrogen) atoms. The van der Waals surface area contributed by atoms with Crippen LogP contribution in [0.3, 0.4) is 0 Å². The summed E-state index contributed by atoms with van der Waals surface area (Å²) in [6.07, 6.45) is 4.16. The second-order valence-corrected chi connectivity index (χ2v) is 5.56. The van der Waals surface area contributed by atoms with Gasteiger partial charge in [-0.3, -0.25) is 9.79 Å². The molecule has 0 saturated carbocycles. The number of rotatable bonds is 10. The van der Waals surface area contributed by atoms with Crippen LogP contribution in [0.1, 0.15) is 44.6 Å². The van der Waals surface area contributed by atoms with Crippen molar-refractivity contribution in [1.82, 2.24) is 10.6 Å². The summed E-state index contributed by atoms with van der Waals surface area (Å²) in [5, 5.41) is 6.08. The maximum Gasteiger partial charge on any atom is 0.305 e. The second-order valence-electron chi connectivity index (χ2n) is 5.56. The fraction of sp³-hybridized carbons (Fsp3) is 0.556. The highest BCUT2D eigenvalue weighted by atomic mass is 19.1. The molecule has 0 unspecified atom stereocenters. The lowest BCUT2D eigenvalue weighted by molar-refractivity contribution is -0.143. The highest BCUT2D eigenvalue weighted by molar-refractivity contribution is 5.79. The van der Waals surface area contributed by atoms with E-state index in [2.05, 4.69) is 15.6 Å². The summed E-state index contributed by atoms with van der Waals surface area (Å²) in [6.45, 7) is 3.09. The molecule has 2 N–H and O–H groups in total. The predicted molar refractivity (Wildman–Crippen MR) is 94.3 cm³/mol. The molecule has 0 radical (unpaired) electrons. The molecule has 0 amide bonds. The summed E-state index contributed by atoms with van der Waals surface area (Å²) < 4.78 is 31.6. The highest BCUT2D eigenvalue weighted by Gasteiger charge is 2.05. The zero-order valence-corrected chi connectivity index (χ0v) is 14.9. The fourth-order valence-corrected chi connectivity index (χ4v) is 2.27. The SMILES string of the molecule is CCOC(=O)CCCCCCNC(=NC)NCc1cc(F)ccc1F. The molecule has 5 nitrogen and oxygen atoms in total. The molecule has 1 aromatic carbocycles. The Hall–Kier alpha value is -2.18. The lowest BCUT2D eigenvalue weighted by Crippen LogP contribution is -2.37. The number of ether oxygens (including phenoxy) is 1. The largest absolute Gasteiger partial charge is 0.466 e. The number of carbonyl (C=O) groups is 1. The van der Waals surface area contributed by atoms with E-state index in [0.29, 0.717) is 25.5 Å². The average molecular weight is 355 g/mol. The Labute approximate surface area is 147 Å². The zero-order valence-electron chi connectivity index (χ0n) is 14.9. The molecule has 0 spiro atoms. The molecule has 140 valence electrons. The summed E-state index contributed by atoms with van der Waals surface area (Å²) in [5.74, 6) is -0.528. The van der Waals surface area contributed by atoms with E-state index in [1.807, 2.05) is 0 Å². The van der Waals surface area contributed by atoms with Gasteiger partial charge in [0.2, 0.25) is 0 Å². The van der Waals surface area contributed by atoms with Gasteiger partial charge in [-0.15, -0.1) is 0 Å². The number of unbranched alkanes of at least 4 members (excludes halogenated alkanes) is 3. The molecule has 0 atom stereocenters. The average Bonchev–Trinajstić information content (AvgIpc) is 2.59. The predicted octanol–water partition coefficient (Wildman–Crippen LogP) is 3.14. The Morgan fingerprint density at radius 1 is 1.16 bits per heavy atom. The number of hydrogen-bond donors (Lipinski definition) is 2. The number of guanidine groups is 1. The molecule has 0 aliphatic heterocycles. The molecule has 0 saturated heterocycles. The van der Waals surface area contributed by atoms with Crippen LogP contribution in [0, 0.1) is 11.6 Å². The van der Waals surface area contributed by atoms with Gasteiger partial charge in [-0.05, 0) is 38.0 Å². The van der Waals surface area contributed by atoms with Gasteiger partial charge in [-0.2, -0.15) is 0 Å².